The number of amides is 1. The summed E-state index contributed by atoms with van der Waals surface area (Å²) in [5.41, 5.74) is 1.55. The molecule has 0 saturated carbocycles. The van der Waals surface area contributed by atoms with Crippen LogP contribution in [0.2, 0.25) is 0 Å². The number of pyridine rings is 2. The first kappa shape index (κ1) is 21.7. The lowest BCUT2D eigenvalue weighted by molar-refractivity contribution is 0.0777. The fourth-order valence-electron chi connectivity index (χ4n) is 4.17. The Morgan fingerprint density at radius 3 is 2.82 bits per heavy atom. The number of alkyl halides is 1. The molecule has 3 aromatic heterocycles. The van der Waals surface area contributed by atoms with Crippen molar-refractivity contribution >= 4 is 28.3 Å². The first-order chi connectivity index (χ1) is 16.4. The molecule has 1 aliphatic heterocycles. The van der Waals surface area contributed by atoms with E-state index in [4.69, 9.17) is 0 Å². The molecule has 1 fully saturated rings. The summed E-state index contributed by atoms with van der Waals surface area (Å²) in [6.45, 7) is 4.47. The third-order valence-corrected chi connectivity index (χ3v) is 5.87. The summed E-state index contributed by atoms with van der Waals surface area (Å²) in [5, 5.41) is 11.8. The Labute approximate surface area is 194 Å². The van der Waals surface area contributed by atoms with Gasteiger partial charge in [-0.3, -0.25) is 9.59 Å². The largest absolute Gasteiger partial charge is 0.350 e. The number of carbonyl (C=O) groups is 1. The number of hydrogen-bond acceptors (Lipinski definition) is 6. The summed E-state index contributed by atoms with van der Waals surface area (Å²) >= 11 is 0. The smallest absolute Gasteiger partial charge is 0.270 e. The number of H-pyrrole nitrogens is 1. The van der Waals surface area contributed by atoms with Gasteiger partial charge in [0.25, 0.3) is 5.91 Å². The number of aromatic nitrogens is 5. The van der Waals surface area contributed by atoms with Crippen LogP contribution in [0, 0.1) is 0 Å². The molecule has 5 rings (SSSR count). The van der Waals surface area contributed by atoms with Gasteiger partial charge in [0.05, 0.1) is 23.1 Å². The maximum absolute atomic E-state index is 13.5. The minimum absolute atomic E-state index is 0.0487. The van der Waals surface area contributed by atoms with Gasteiger partial charge in [0.2, 0.25) is 0 Å². The number of anilines is 2. The Balaban J connectivity index is 1.48. The lowest BCUT2D eigenvalue weighted by Gasteiger charge is -2.16. The van der Waals surface area contributed by atoms with Crippen LogP contribution in [0.3, 0.4) is 0 Å². The van der Waals surface area contributed by atoms with Gasteiger partial charge in [0.1, 0.15) is 29.7 Å². The van der Waals surface area contributed by atoms with E-state index < -0.39 is 6.17 Å². The SMILES string of the molecule is CC(C)n1cnnc1-c1cccc(Nc2cccc3[nH]c(C(=O)N4CCC(F)C4)cc(=O)c23)n1. The van der Waals surface area contributed by atoms with Crippen LogP contribution in [0.5, 0.6) is 0 Å². The lowest BCUT2D eigenvalue weighted by Crippen LogP contribution is -2.30. The second kappa shape index (κ2) is 8.69. The van der Waals surface area contributed by atoms with Crippen LogP contribution in [-0.2, 0) is 0 Å². The molecule has 1 unspecified atom stereocenters. The number of nitrogens with one attached hydrogen (secondary N) is 2. The van der Waals surface area contributed by atoms with Crippen LogP contribution in [-0.4, -0.2) is 54.8 Å². The fraction of sp³-hybridized carbons (Fsp3) is 0.292. The Hall–Kier alpha value is -4.08. The van der Waals surface area contributed by atoms with E-state index in [1.807, 2.05) is 30.5 Å². The molecule has 1 amide bonds. The average Bonchev–Trinajstić information content (AvgIpc) is 3.48. The van der Waals surface area contributed by atoms with Gasteiger partial charge < -0.3 is 19.8 Å². The van der Waals surface area contributed by atoms with E-state index in [0.717, 1.165) is 0 Å². The molecule has 1 aromatic carbocycles. The third-order valence-electron chi connectivity index (χ3n) is 5.87. The van der Waals surface area contributed by atoms with E-state index in [0.29, 0.717) is 46.9 Å². The molecule has 1 atom stereocenters. The van der Waals surface area contributed by atoms with Crippen LogP contribution in [0.4, 0.5) is 15.9 Å². The van der Waals surface area contributed by atoms with Crippen molar-refractivity contribution in [3.63, 3.8) is 0 Å². The van der Waals surface area contributed by atoms with Crippen molar-refractivity contribution in [2.75, 3.05) is 18.4 Å². The molecule has 0 bridgehead atoms. The summed E-state index contributed by atoms with van der Waals surface area (Å²) in [6.07, 6.45) is 0.961. The number of likely N-dealkylation sites (tertiary alicyclic amines) is 1. The number of carbonyl (C=O) groups excluding carboxylic acids is 1. The maximum Gasteiger partial charge on any atom is 0.270 e. The summed E-state index contributed by atoms with van der Waals surface area (Å²) in [5.74, 6) is 0.810. The van der Waals surface area contributed by atoms with Gasteiger partial charge in [-0.2, -0.15) is 0 Å². The van der Waals surface area contributed by atoms with E-state index in [-0.39, 0.29) is 29.6 Å². The number of hydrogen-bond donors (Lipinski definition) is 2. The average molecular weight is 462 g/mol. The van der Waals surface area contributed by atoms with Crippen LogP contribution in [0.1, 0.15) is 36.8 Å². The molecule has 1 aliphatic rings. The number of halogens is 1. The van der Waals surface area contributed by atoms with E-state index in [1.54, 1.807) is 30.6 Å². The molecule has 174 valence electrons. The molecule has 0 radical (unpaired) electrons. The predicted molar refractivity (Wildman–Crippen MR) is 127 cm³/mol. The van der Waals surface area contributed by atoms with Crippen molar-refractivity contribution in [1.29, 1.82) is 0 Å². The predicted octanol–water partition coefficient (Wildman–Crippen LogP) is 3.69. The van der Waals surface area contributed by atoms with Gasteiger partial charge >= 0.3 is 0 Å². The number of fused-ring (bicyclic) bond motifs is 1. The Morgan fingerprint density at radius 1 is 1.24 bits per heavy atom. The highest BCUT2D eigenvalue weighted by Gasteiger charge is 2.27. The first-order valence-electron chi connectivity index (χ1n) is 11.1. The maximum atomic E-state index is 13.5. The van der Waals surface area contributed by atoms with Gasteiger partial charge in [-0.1, -0.05) is 12.1 Å². The van der Waals surface area contributed by atoms with E-state index in [1.165, 1.54) is 11.0 Å². The Kier molecular flexibility index (Phi) is 5.56. The number of nitrogens with zero attached hydrogens (tertiary/aromatic N) is 5. The molecular formula is C24H24FN7O2. The molecule has 0 aliphatic carbocycles. The van der Waals surface area contributed by atoms with Crippen molar-refractivity contribution in [2.45, 2.75) is 32.5 Å². The minimum atomic E-state index is -1.02. The van der Waals surface area contributed by atoms with Gasteiger partial charge in [-0.15, -0.1) is 10.2 Å². The summed E-state index contributed by atoms with van der Waals surface area (Å²) < 4.78 is 15.5. The van der Waals surface area contributed by atoms with Crippen LogP contribution < -0.4 is 10.7 Å². The van der Waals surface area contributed by atoms with Crippen LogP contribution in [0.25, 0.3) is 22.4 Å². The fourth-order valence-corrected chi connectivity index (χ4v) is 4.17. The molecule has 0 spiro atoms. The molecule has 4 aromatic rings. The second-order valence-corrected chi connectivity index (χ2v) is 8.60. The minimum Gasteiger partial charge on any atom is -0.350 e. The Bertz CT molecular complexity index is 1430. The van der Waals surface area contributed by atoms with Crippen molar-refractivity contribution in [1.82, 2.24) is 29.6 Å². The van der Waals surface area contributed by atoms with E-state index in [9.17, 15) is 14.0 Å². The Morgan fingerprint density at radius 2 is 2.06 bits per heavy atom. The zero-order valence-corrected chi connectivity index (χ0v) is 18.8. The second-order valence-electron chi connectivity index (χ2n) is 8.60. The number of aromatic amines is 1. The molecular weight excluding hydrogens is 437 g/mol. The van der Waals surface area contributed by atoms with Gasteiger partial charge in [0, 0.05) is 18.7 Å². The monoisotopic (exact) mass is 461 g/mol. The van der Waals surface area contributed by atoms with E-state index >= 15 is 0 Å². The van der Waals surface area contributed by atoms with Gasteiger partial charge in [0.15, 0.2) is 11.3 Å². The molecule has 34 heavy (non-hydrogen) atoms. The topological polar surface area (TPSA) is 109 Å². The third kappa shape index (κ3) is 4.02. The summed E-state index contributed by atoms with van der Waals surface area (Å²) in [7, 11) is 0. The molecule has 4 heterocycles. The number of rotatable bonds is 5. The zero-order chi connectivity index (χ0) is 23.8. The molecule has 1 saturated heterocycles. The van der Waals surface area contributed by atoms with Crippen LogP contribution >= 0.6 is 0 Å². The first-order valence-corrected chi connectivity index (χ1v) is 11.1. The highest BCUT2D eigenvalue weighted by atomic mass is 19.1. The van der Waals surface area contributed by atoms with Crippen LogP contribution in [0.15, 0.2) is 53.6 Å². The summed E-state index contributed by atoms with van der Waals surface area (Å²) in [4.78, 5) is 34.9. The highest BCUT2D eigenvalue weighted by molar-refractivity contribution is 5.98. The van der Waals surface area contributed by atoms with Gasteiger partial charge in [-0.25, -0.2) is 9.37 Å². The van der Waals surface area contributed by atoms with E-state index in [2.05, 4.69) is 25.5 Å². The van der Waals surface area contributed by atoms with Crippen molar-refractivity contribution < 1.29 is 9.18 Å². The molecule has 2 N–H and O–H groups in total. The number of benzene rings is 1. The quantitative estimate of drug-likeness (QED) is 0.469. The van der Waals surface area contributed by atoms with Gasteiger partial charge in [-0.05, 0) is 44.5 Å². The normalized spacial score (nSPS) is 15.9. The lowest BCUT2D eigenvalue weighted by atomic mass is 10.1. The highest BCUT2D eigenvalue weighted by Crippen LogP contribution is 2.25. The van der Waals surface area contributed by atoms with Crippen molar-refractivity contribution in [3.05, 3.63) is 64.7 Å². The standard InChI is InChI=1S/C24H24FN7O2/c1-14(2)32-13-26-30-23(32)18-7-4-8-21(29-18)28-17-6-3-5-16-22(17)20(33)11-19(27-16)24(34)31-10-9-15(25)12-31/h3-8,11,13-15H,9-10,12H2,1-2H3,(H,27,33)(H,28,29). The van der Waals surface area contributed by atoms with Crippen molar-refractivity contribution in [3.8, 4) is 11.5 Å². The summed E-state index contributed by atoms with van der Waals surface area (Å²) in [6, 6.07) is 12.2. The molecule has 9 nitrogen and oxygen atoms in total. The zero-order valence-electron chi connectivity index (χ0n) is 18.8. The molecule has 10 heteroatoms. The van der Waals surface area contributed by atoms with Crippen molar-refractivity contribution in [2.24, 2.45) is 0 Å².